The highest BCUT2D eigenvalue weighted by molar-refractivity contribution is 5.33. The molecule has 2 aromatic rings. The Labute approximate surface area is 98.4 Å². The van der Waals surface area contributed by atoms with Gasteiger partial charge in [0.1, 0.15) is 5.75 Å². The van der Waals surface area contributed by atoms with Gasteiger partial charge in [0.05, 0.1) is 0 Å². The maximum atomic E-state index is 13.3. The third kappa shape index (κ3) is 3.03. The molecule has 0 heterocycles. The number of halogens is 1. The minimum absolute atomic E-state index is 0.195. The van der Waals surface area contributed by atoms with Crippen molar-refractivity contribution in [1.29, 1.82) is 0 Å². The lowest BCUT2D eigenvalue weighted by Gasteiger charge is -2.07. The fourth-order valence-corrected chi connectivity index (χ4v) is 1.42. The standard InChI is InChI=1S/C13H12FNO2/c14-12-3-1-2-4-13(12)17-11-7-5-10(6-8-11)9-15-16/h1-8,15-16H,9H2. The van der Waals surface area contributed by atoms with E-state index in [-0.39, 0.29) is 5.75 Å². The summed E-state index contributed by atoms with van der Waals surface area (Å²) in [4.78, 5) is 0. The highest BCUT2D eigenvalue weighted by Crippen LogP contribution is 2.24. The van der Waals surface area contributed by atoms with E-state index in [9.17, 15) is 4.39 Å². The molecule has 0 unspecified atom stereocenters. The van der Waals surface area contributed by atoms with Crippen molar-refractivity contribution in [2.24, 2.45) is 0 Å². The van der Waals surface area contributed by atoms with Crippen LogP contribution in [-0.2, 0) is 6.54 Å². The summed E-state index contributed by atoms with van der Waals surface area (Å²) in [5.41, 5.74) is 2.97. The lowest BCUT2D eigenvalue weighted by atomic mass is 10.2. The van der Waals surface area contributed by atoms with Gasteiger partial charge in [-0.15, -0.1) is 0 Å². The van der Waals surface area contributed by atoms with E-state index in [4.69, 9.17) is 9.94 Å². The van der Waals surface area contributed by atoms with Gasteiger partial charge in [0, 0.05) is 6.54 Å². The Kier molecular flexibility index (Phi) is 3.69. The largest absolute Gasteiger partial charge is 0.454 e. The first kappa shape index (κ1) is 11.6. The Morgan fingerprint density at radius 2 is 1.76 bits per heavy atom. The number of benzene rings is 2. The van der Waals surface area contributed by atoms with Crippen molar-refractivity contribution in [3.63, 3.8) is 0 Å². The Morgan fingerprint density at radius 3 is 2.41 bits per heavy atom. The van der Waals surface area contributed by atoms with Crippen LogP contribution in [0.15, 0.2) is 48.5 Å². The summed E-state index contributed by atoms with van der Waals surface area (Å²) >= 11 is 0. The number of ether oxygens (including phenoxy) is 1. The van der Waals surface area contributed by atoms with E-state index < -0.39 is 5.82 Å². The summed E-state index contributed by atoms with van der Waals surface area (Å²) in [7, 11) is 0. The van der Waals surface area contributed by atoms with Gasteiger partial charge < -0.3 is 9.94 Å². The molecule has 0 fully saturated rings. The Hall–Kier alpha value is -1.91. The van der Waals surface area contributed by atoms with Crippen LogP contribution in [0.1, 0.15) is 5.56 Å². The summed E-state index contributed by atoms with van der Waals surface area (Å²) in [6.45, 7) is 0.361. The molecule has 2 rings (SSSR count). The van der Waals surface area contributed by atoms with Crippen LogP contribution in [0.5, 0.6) is 11.5 Å². The molecule has 0 aliphatic rings. The van der Waals surface area contributed by atoms with Crippen LogP contribution in [-0.4, -0.2) is 5.21 Å². The molecule has 3 nitrogen and oxygen atoms in total. The maximum absolute atomic E-state index is 13.3. The van der Waals surface area contributed by atoms with E-state index in [0.29, 0.717) is 12.3 Å². The van der Waals surface area contributed by atoms with Crippen LogP contribution >= 0.6 is 0 Å². The van der Waals surface area contributed by atoms with Gasteiger partial charge in [0.2, 0.25) is 0 Å². The van der Waals surface area contributed by atoms with Gasteiger partial charge in [-0.2, -0.15) is 0 Å². The molecule has 0 radical (unpaired) electrons. The van der Waals surface area contributed by atoms with Gasteiger partial charge in [-0.1, -0.05) is 24.3 Å². The summed E-state index contributed by atoms with van der Waals surface area (Å²) in [5.74, 6) is 0.353. The molecule has 17 heavy (non-hydrogen) atoms. The Bertz CT molecular complexity index is 485. The first-order valence-electron chi connectivity index (χ1n) is 5.18. The molecule has 0 amide bonds. The zero-order valence-electron chi connectivity index (χ0n) is 9.06. The van der Waals surface area contributed by atoms with Crippen molar-refractivity contribution in [3.05, 3.63) is 59.9 Å². The van der Waals surface area contributed by atoms with Crippen LogP contribution in [0.2, 0.25) is 0 Å². The van der Waals surface area contributed by atoms with Crippen LogP contribution < -0.4 is 10.2 Å². The molecule has 4 heteroatoms. The lowest BCUT2D eigenvalue weighted by molar-refractivity contribution is 0.161. The van der Waals surface area contributed by atoms with E-state index in [1.807, 2.05) is 0 Å². The molecule has 0 atom stereocenters. The topological polar surface area (TPSA) is 41.5 Å². The molecule has 88 valence electrons. The molecule has 0 aromatic heterocycles. The first-order chi connectivity index (χ1) is 8.29. The van der Waals surface area contributed by atoms with E-state index in [2.05, 4.69) is 5.48 Å². The second kappa shape index (κ2) is 5.43. The highest BCUT2D eigenvalue weighted by Gasteiger charge is 2.02. The van der Waals surface area contributed by atoms with E-state index >= 15 is 0 Å². The lowest BCUT2D eigenvalue weighted by Crippen LogP contribution is -2.05. The van der Waals surface area contributed by atoms with Crippen LogP contribution in [0.3, 0.4) is 0 Å². The average molecular weight is 233 g/mol. The minimum Gasteiger partial charge on any atom is -0.454 e. The SMILES string of the molecule is ONCc1ccc(Oc2ccccc2F)cc1. The molecule has 0 aliphatic heterocycles. The molecule has 0 spiro atoms. The Balaban J connectivity index is 2.11. The average Bonchev–Trinajstić information content (AvgIpc) is 2.35. The maximum Gasteiger partial charge on any atom is 0.165 e. The number of rotatable bonds is 4. The summed E-state index contributed by atoms with van der Waals surface area (Å²) in [5, 5.41) is 8.53. The summed E-state index contributed by atoms with van der Waals surface area (Å²) in [6.07, 6.45) is 0. The van der Waals surface area contributed by atoms with Crippen molar-refractivity contribution < 1.29 is 14.3 Å². The molecular formula is C13H12FNO2. The van der Waals surface area contributed by atoms with E-state index in [1.54, 1.807) is 42.5 Å². The molecule has 0 aliphatic carbocycles. The van der Waals surface area contributed by atoms with Gasteiger partial charge in [-0.3, -0.25) is 0 Å². The zero-order chi connectivity index (χ0) is 12.1. The van der Waals surface area contributed by atoms with Gasteiger partial charge in [0.15, 0.2) is 11.6 Å². The predicted octanol–water partition coefficient (Wildman–Crippen LogP) is 3.10. The molecule has 0 bridgehead atoms. The van der Waals surface area contributed by atoms with Crippen molar-refractivity contribution in [1.82, 2.24) is 5.48 Å². The van der Waals surface area contributed by atoms with Gasteiger partial charge in [0.25, 0.3) is 0 Å². The van der Waals surface area contributed by atoms with Crippen LogP contribution in [0, 0.1) is 5.82 Å². The number of nitrogens with one attached hydrogen (secondary N) is 1. The van der Waals surface area contributed by atoms with Crippen LogP contribution in [0.25, 0.3) is 0 Å². The third-order valence-corrected chi connectivity index (χ3v) is 2.27. The molecular weight excluding hydrogens is 221 g/mol. The molecule has 0 saturated carbocycles. The number of hydrogen-bond donors (Lipinski definition) is 2. The summed E-state index contributed by atoms with van der Waals surface area (Å²) in [6, 6.07) is 13.3. The van der Waals surface area contributed by atoms with Gasteiger partial charge >= 0.3 is 0 Å². The fourth-order valence-electron chi connectivity index (χ4n) is 1.42. The second-order valence-electron chi connectivity index (χ2n) is 3.51. The molecule has 2 N–H and O–H groups in total. The predicted molar refractivity (Wildman–Crippen MR) is 61.5 cm³/mol. The van der Waals surface area contributed by atoms with Gasteiger partial charge in [-0.25, -0.2) is 9.87 Å². The van der Waals surface area contributed by atoms with Crippen LogP contribution in [0.4, 0.5) is 4.39 Å². The van der Waals surface area contributed by atoms with Crippen molar-refractivity contribution in [3.8, 4) is 11.5 Å². The minimum atomic E-state index is -0.395. The fraction of sp³-hybridized carbons (Fsp3) is 0.0769. The normalized spacial score (nSPS) is 10.2. The van der Waals surface area contributed by atoms with Crippen molar-refractivity contribution in [2.75, 3.05) is 0 Å². The zero-order valence-corrected chi connectivity index (χ0v) is 9.06. The van der Waals surface area contributed by atoms with Crippen molar-refractivity contribution in [2.45, 2.75) is 6.54 Å². The molecule has 0 saturated heterocycles. The third-order valence-electron chi connectivity index (χ3n) is 2.27. The Morgan fingerprint density at radius 1 is 1.06 bits per heavy atom. The smallest absolute Gasteiger partial charge is 0.165 e. The molecule has 2 aromatic carbocycles. The van der Waals surface area contributed by atoms with Gasteiger partial charge in [-0.05, 0) is 29.8 Å². The monoisotopic (exact) mass is 233 g/mol. The highest BCUT2D eigenvalue weighted by atomic mass is 19.1. The quantitative estimate of drug-likeness (QED) is 0.797. The number of para-hydroxylation sites is 1. The van der Waals surface area contributed by atoms with E-state index in [1.165, 1.54) is 6.07 Å². The second-order valence-corrected chi connectivity index (χ2v) is 3.51. The summed E-state index contributed by atoms with van der Waals surface area (Å²) < 4.78 is 18.7. The first-order valence-corrected chi connectivity index (χ1v) is 5.18. The number of hydroxylamine groups is 1. The number of hydrogen-bond acceptors (Lipinski definition) is 3. The van der Waals surface area contributed by atoms with E-state index in [0.717, 1.165) is 5.56 Å². The van der Waals surface area contributed by atoms with Crippen molar-refractivity contribution >= 4 is 0 Å².